The molecule has 0 unspecified atom stereocenters. The fraction of sp³-hybridized carbons (Fsp3) is 0.286. The molecule has 2 rings (SSSR count). The van der Waals surface area contributed by atoms with Crippen LogP contribution < -0.4 is 15.4 Å². The van der Waals surface area contributed by atoms with Crippen molar-refractivity contribution < 1.29 is 9.13 Å². The highest BCUT2D eigenvalue weighted by Gasteiger charge is 2.06. The van der Waals surface area contributed by atoms with Crippen molar-refractivity contribution >= 4 is 11.8 Å². The largest absolute Gasteiger partial charge is 0.497 e. The summed E-state index contributed by atoms with van der Waals surface area (Å²) in [6, 6.07) is 7.54. The maximum atomic E-state index is 13.6. The Hall–Kier alpha value is -2.37. The summed E-state index contributed by atoms with van der Waals surface area (Å²) < 4.78 is 18.7. The first-order chi connectivity index (χ1) is 9.72. The van der Waals surface area contributed by atoms with E-state index in [9.17, 15) is 4.39 Å². The molecule has 6 heteroatoms. The maximum absolute atomic E-state index is 13.6. The summed E-state index contributed by atoms with van der Waals surface area (Å²) in [6.45, 7) is 3.09. The molecule has 1 heterocycles. The quantitative estimate of drug-likeness (QED) is 0.849. The van der Waals surface area contributed by atoms with E-state index < -0.39 is 5.82 Å². The van der Waals surface area contributed by atoms with Crippen LogP contribution in [0.3, 0.4) is 0 Å². The zero-order valence-electron chi connectivity index (χ0n) is 11.5. The standard InChI is InChI=1S/C14H17FN4O/c1-3-16-14-18-9-12(15)13(19-14)17-8-10-4-6-11(20-2)7-5-10/h4-7,9H,3,8H2,1-2H3,(H2,16,17,18,19). The molecule has 2 N–H and O–H groups in total. The van der Waals surface area contributed by atoms with Crippen LogP contribution in [-0.2, 0) is 6.54 Å². The Kier molecular flexibility index (Phi) is 4.70. The number of hydrogen-bond acceptors (Lipinski definition) is 5. The van der Waals surface area contributed by atoms with Crippen LogP contribution in [0.25, 0.3) is 0 Å². The highest BCUT2D eigenvalue weighted by atomic mass is 19.1. The molecule has 0 atom stereocenters. The number of benzene rings is 1. The smallest absolute Gasteiger partial charge is 0.224 e. The van der Waals surface area contributed by atoms with Crippen molar-refractivity contribution in [1.29, 1.82) is 0 Å². The van der Waals surface area contributed by atoms with E-state index in [1.807, 2.05) is 31.2 Å². The number of methoxy groups -OCH3 is 1. The summed E-state index contributed by atoms with van der Waals surface area (Å²) in [5.74, 6) is 0.912. The molecule has 0 aliphatic rings. The Morgan fingerprint density at radius 2 is 1.95 bits per heavy atom. The van der Waals surface area contributed by atoms with Gasteiger partial charge in [0.25, 0.3) is 0 Å². The fourth-order valence-corrected chi connectivity index (χ4v) is 1.66. The van der Waals surface area contributed by atoms with Crippen LogP contribution in [0, 0.1) is 5.82 Å². The van der Waals surface area contributed by atoms with Gasteiger partial charge in [-0.15, -0.1) is 0 Å². The molecular formula is C14H17FN4O. The van der Waals surface area contributed by atoms with Crippen molar-refractivity contribution in [3.63, 3.8) is 0 Å². The molecule has 0 fully saturated rings. The summed E-state index contributed by atoms with van der Waals surface area (Å²) in [6.07, 6.45) is 1.15. The lowest BCUT2D eigenvalue weighted by Gasteiger charge is -2.09. The second kappa shape index (κ2) is 6.70. The average molecular weight is 276 g/mol. The third-order valence-corrected chi connectivity index (χ3v) is 2.70. The van der Waals surface area contributed by atoms with E-state index in [4.69, 9.17) is 4.74 Å². The second-order valence-electron chi connectivity index (χ2n) is 4.12. The van der Waals surface area contributed by atoms with Gasteiger partial charge in [-0.2, -0.15) is 4.98 Å². The monoisotopic (exact) mass is 276 g/mol. The third kappa shape index (κ3) is 3.57. The van der Waals surface area contributed by atoms with E-state index in [1.54, 1.807) is 7.11 Å². The first-order valence-corrected chi connectivity index (χ1v) is 6.36. The van der Waals surface area contributed by atoms with Crippen LogP contribution in [0.15, 0.2) is 30.5 Å². The lowest BCUT2D eigenvalue weighted by atomic mass is 10.2. The Morgan fingerprint density at radius 1 is 1.20 bits per heavy atom. The molecular weight excluding hydrogens is 259 g/mol. The van der Waals surface area contributed by atoms with Gasteiger partial charge in [-0.05, 0) is 24.6 Å². The van der Waals surface area contributed by atoms with Gasteiger partial charge in [-0.3, -0.25) is 0 Å². The normalized spacial score (nSPS) is 10.2. The minimum absolute atomic E-state index is 0.187. The number of nitrogens with zero attached hydrogens (tertiary/aromatic N) is 2. The van der Waals surface area contributed by atoms with Crippen LogP contribution in [-0.4, -0.2) is 23.6 Å². The van der Waals surface area contributed by atoms with E-state index >= 15 is 0 Å². The number of aromatic nitrogens is 2. The van der Waals surface area contributed by atoms with Crippen molar-refractivity contribution in [3.8, 4) is 5.75 Å². The molecule has 5 nitrogen and oxygen atoms in total. The molecule has 1 aromatic heterocycles. The van der Waals surface area contributed by atoms with Crippen molar-refractivity contribution in [2.24, 2.45) is 0 Å². The van der Waals surface area contributed by atoms with E-state index in [0.717, 1.165) is 17.5 Å². The highest BCUT2D eigenvalue weighted by molar-refractivity contribution is 5.42. The number of ether oxygens (including phenoxy) is 1. The van der Waals surface area contributed by atoms with Gasteiger partial charge in [0.05, 0.1) is 13.3 Å². The van der Waals surface area contributed by atoms with Crippen LogP contribution in [0.1, 0.15) is 12.5 Å². The number of nitrogens with one attached hydrogen (secondary N) is 2. The zero-order chi connectivity index (χ0) is 14.4. The van der Waals surface area contributed by atoms with E-state index in [-0.39, 0.29) is 5.82 Å². The topological polar surface area (TPSA) is 59.1 Å². The van der Waals surface area contributed by atoms with E-state index in [0.29, 0.717) is 19.0 Å². The molecule has 0 aliphatic carbocycles. The lowest BCUT2D eigenvalue weighted by Crippen LogP contribution is -2.08. The first-order valence-electron chi connectivity index (χ1n) is 6.36. The van der Waals surface area contributed by atoms with Gasteiger partial charge in [0.2, 0.25) is 5.95 Å². The SMILES string of the molecule is CCNc1ncc(F)c(NCc2ccc(OC)cc2)n1. The molecule has 1 aromatic carbocycles. The molecule has 0 radical (unpaired) electrons. The molecule has 0 aliphatic heterocycles. The number of halogens is 1. The van der Waals surface area contributed by atoms with Crippen LogP contribution in [0.2, 0.25) is 0 Å². The number of rotatable bonds is 6. The summed E-state index contributed by atoms with van der Waals surface area (Å²) in [5.41, 5.74) is 1.01. The van der Waals surface area contributed by atoms with Crippen molar-refractivity contribution in [1.82, 2.24) is 9.97 Å². The molecule has 0 amide bonds. The maximum Gasteiger partial charge on any atom is 0.224 e. The molecule has 0 bridgehead atoms. The molecule has 20 heavy (non-hydrogen) atoms. The van der Waals surface area contributed by atoms with Gasteiger partial charge in [-0.25, -0.2) is 9.37 Å². The predicted molar refractivity (Wildman–Crippen MR) is 76.5 cm³/mol. The number of anilines is 2. The van der Waals surface area contributed by atoms with Gasteiger partial charge in [0.15, 0.2) is 11.6 Å². The zero-order valence-corrected chi connectivity index (χ0v) is 11.5. The molecule has 0 saturated heterocycles. The van der Waals surface area contributed by atoms with Gasteiger partial charge in [0.1, 0.15) is 5.75 Å². The molecule has 106 valence electrons. The Morgan fingerprint density at radius 3 is 2.60 bits per heavy atom. The summed E-state index contributed by atoms with van der Waals surface area (Å²) >= 11 is 0. The predicted octanol–water partition coefficient (Wildman–Crippen LogP) is 2.67. The Bertz CT molecular complexity index is 560. The van der Waals surface area contributed by atoms with Crippen LogP contribution >= 0.6 is 0 Å². The molecule has 0 spiro atoms. The van der Waals surface area contributed by atoms with Crippen molar-refractivity contribution in [2.45, 2.75) is 13.5 Å². The highest BCUT2D eigenvalue weighted by Crippen LogP contribution is 2.15. The summed E-state index contributed by atoms with van der Waals surface area (Å²) in [5, 5.41) is 5.90. The van der Waals surface area contributed by atoms with Gasteiger partial charge in [-0.1, -0.05) is 12.1 Å². The van der Waals surface area contributed by atoms with Gasteiger partial charge >= 0.3 is 0 Å². The fourth-order valence-electron chi connectivity index (χ4n) is 1.66. The molecule has 0 saturated carbocycles. The van der Waals surface area contributed by atoms with Crippen LogP contribution in [0.5, 0.6) is 5.75 Å². The van der Waals surface area contributed by atoms with Crippen LogP contribution in [0.4, 0.5) is 16.2 Å². The van der Waals surface area contributed by atoms with E-state index in [1.165, 1.54) is 0 Å². The second-order valence-corrected chi connectivity index (χ2v) is 4.12. The Labute approximate surface area is 117 Å². The average Bonchev–Trinajstić information content (AvgIpc) is 2.48. The van der Waals surface area contributed by atoms with Crippen molar-refractivity contribution in [3.05, 3.63) is 41.8 Å². The van der Waals surface area contributed by atoms with Gasteiger partial charge in [0, 0.05) is 13.1 Å². The third-order valence-electron chi connectivity index (χ3n) is 2.70. The van der Waals surface area contributed by atoms with Crippen molar-refractivity contribution in [2.75, 3.05) is 24.3 Å². The summed E-state index contributed by atoms with van der Waals surface area (Å²) in [7, 11) is 1.62. The number of hydrogen-bond donors (Lipinski definition) is 2. The van der Waals surface area contributed by atoms with Gasteiger partial charge < -0.3 is 15.4 Å². The van der Waals surface area contributed by atoms with E-state index in [2.05, 4.69) is 20.6 Å². The minimum Gasteiger partial charge on any atom is -0.497 e. The minimum atomic E-state index is -0.472. The first kappa shape index (κ1) is 14.0. The molecule has 2 aromatic rings. The summed E-state index contributed by atoms with van der Waals surface area (Å²) in [4.78, 5) is 7.93. The lowest BCUT2D eigenvalue weighted by molar-refractivity contribution is 0.414. The Balaban J connectivity index is 2.03.